The van der Waals surface area contributed by atoms with Gasteiger partial charge in [-0.1, -0.05) is 38.1 Å². The highest BCUT2D eigenvalue weighted by molar-refractivity contribution is 5.94. The number of nitrogens with zero attached hydrogens (tertiary/aromatic N) is 2. The average molecular weight is 337 g/mol. The fraction of sp³-hybridized carbons (Fsp3) is 0.429. The third-order valence-corrected chi connectivity index (χ3v) is 5.21. The standard InChI is InChI=1S/C21H27N3O/c1-5-16-18(6-2)24(15(4)25)19-12-8-7-11-17(19)21(16)23-20-13-9-10-14(3)22-20/h7-13,16,18,21H,5-6H2,1-4H3,(H,22,23)/t16?,18-,21?/m0/s1. The molecule has 1 amide bonds. The van der Waals surface area contributed by atoms with Gasteiger partial charge in [-0.15, -0.1) is 0 Å². The van der Waals surface area contributed by atoms with Gasteiger partial charge in [0.25, 0.3) is 0 Å². The molecular weight excluding hydrogens is 310 g/mol. The van der Waals surface area contributed by atoms with Crippen LogP contribution < -0.4 is 10.2 Å². The Labute approximate surface area is 150 Å². The third kappa shape index (κ3) is 3.26. The van der Waals surface area contributed by atoms with Gasteiger partial charge in [-0.05, 0) is 43.5 Å². The number of rotatable bonds is 4. The Morgan fingerprint density at radius 1 is 1.12 bits per heavy atom. The van der Waals surface area contributed by atoms with Crippen LogP contribution in [0.5, 0.6) is 0 Å². The Balaban J connectivity index is 2.08. The summed E-state index contributed by atoms with van der Waals surface area (Å²) < 4.78 is 0. The van der Waals surface area contributed by atoms with Crippen molar-refractivity contribution in [2.45, 2.75) is 52.6 Å². The number of hydrogen-bond acceptors (Lipinski definition) is 3. The summed E-state index contributed by atoms with van der Waals surface area (Å²) >= 11 is 0. The summed E-state index contributed by atoms with van der Waals surface area (Å²) in [6.07, 6.45) is 1.94. The first kappa shape index (κ1) is 17.5. The molecule has 1 aromatic carbocycles. The van der Waals surface area contributed by atoms with E-state index in [1.54, 1.807) is 6.92 Å². The first-order valence-corrected chi connectivity index (χ1v) is 9.15. The van der Waals surface area contributed by atoms with E-state index in [-0.39, 0.29) is 18.0 Å². The summed E-state index contributed by atoms with van der Waals surface area (Å²) in [7, 11) is 0. The van der Waals surface area contributed by atoms with Crippen LogP contribution in [0.2, 0.25) is 0 Å². The Morgan fingerprint density at radius 2 is 1.88 bits per heavy atom. The molecule has 0 saturated carbocycles. The molecule has 25 heavy (non-hydrogen) atoms. The number of aryl methyl sites for hydroxylation is 1. The van der Waals surface area contributed by atoms with E-state index in [0.29, 0.717) is 5.92 Å². The number of hydrogen-bond donors (Lipinski definition) is 1. The smallest absolute Gasteiger partial charge is 0.224 e. The quantitative estimate of drug-likeness (QED) is 0.878. The van der Waals surface area contributed by atoms with E-state index in [4.69, 9.17) is 0 Å². The van der Waals surface area contributed by atoms with Crippen LogP contribution in [0.25, 0.3) is 0 Å². The minimum atomic E-state index is 0.116. The summed E-state index contributed by atoms with van der Waals surface area (Å²) in [6.45, 7) is 8.04. The molecule has 4 heteroatoms. The van der Waals surface area contributed by atoms with Crippen LogP contribution in [0.15, 0.2) is 42.5 Å². The number of pyridine rings is 1. The number of amides is 1. The molecule has 0 radical (unpaired) electrons. The molecular formula is C21H27N3O. The second-order valence-electron chi connectivity index (χ2n) is 6.78. The van der Waals surface area contributed by atoms with Crippen LogP contribution in [-0.2, 0) is 4.79 Å². The van der Waals surface area contributed by atoms with Gasteiger partial charge in [0.15, 0.2) is 0 Å². The van der Waals surface area contributed by atoms with Crippen LogP contribution in [-0.4, -0.2) is 16.9 Å². The Hall–Kier alpha value is -2.36. The van der Waals surface area contributed by atoms with Crippen LogP contribution >= 0.6 is 0 Å². The Kier molecular flexibility index (Phi) is 5.07. The fourth-order valence-electron chi connectivity index (χ4n) is 4.16. The lowest BCUT2D eigenvalue weighted by atomic mass is 9.78. The van der Waals surface area contributed by atoms with Gasteiger partial charge < -0.3 is 10.2 Å². The molecule has 1 aliphatic heterocycles. The van der Waals surface area contributed by atoms with E-state index in [0.717, 1.165) is 30.0 Å². The van der Waals surface area contributed by atoms with E-state index in [1.807, 2.05) is 36.1 Å². The Morgan fingerprint density at radius 3 is 2.52 bits per heavy atom. The summed E-state index contributed by atoms with van der Waals surface area (Å²) in [5, 5.41) is 3.65. The van der Waals surface area contributed by atoms with Gasteiger partial charge in [0, 0.05) is 30.3 Å². The molecule has 4 nitrogen and oxygen atoms in total. The molecule has 2 aromatic rings. The maximum atomic E-state index is 12.4. The number of nitrogens with one attached hydrogen (secondary N) is 1. The maximum absolute atomic E-state index is 12.4. The van der Waals surface area contributed by atoms with E-state index >= 15 is 0 Å². The zero-order chi connectivity index (χ0) is 18.0. The van der Waals surface area contributed by atoms with Crippen molar-refractivity contribution in [2.24, 2.45) is 5.92 Å². The van der Waals surface area contributed by atoms with Crippen LogP contribution in [0.4, 0.5) is 11.5 Å². The number of para-hydroxylation sites is 1. The highest BCUT2D eigenvalue weighted by atomic mass is 16.2. The van der Waals surface area contributed by atoms with Crippen LogP contribution in [0.1, 0.15) is 50.9 Å². The Bertz CT molecular complexity index is 758. The number of carbonyl (C=O) groups excluding carboxylic acids is 1. The van der Waals surface area contributed by atoms with E-state index in [1.165, 1.54) is 5.56 Å². The van der Waals surface area contributed by atoms with Crippen molar-refractivity contribution < 1.29 is 4.79 Å². The molecule has 2 heterocycles. The number of anilines is 2. The SMILES string of the molecule is CCC1C(Nc2cccc(C)n2)c2ccccc2N(C(C)=O)[C@H]1CC. The van der Waals surface area contributed by atoms with Crippen molar-refractivity contribution in [3.05, 3.63) is 53.7 Å². The molecule has 1 aromatic heterocycles. The minimum Gasteiger partial charge on any atom is -0.363 e. The molecule has 0 spiro atoms. The fourth-order valence-corrected chi connectivity index (χ4v) is 4.16. The molecule has 0 saturated heterocycles. The van der Waals surface area contributed by atoms with Gasteiger partial charge in [0.05, 0.1) is 6.04 Å². The van der Waals surface area contributed by atoms with Gasteiger partial charge >= 0.3 is 0 Å². The molecule has 132 valence electrons. The lowest BCUT2D eigenvalue weighted by Gasteiger charge is -2.46. The van der Waals surface area contributed by atoms with E-state index in [2.05, 4.69) is 42.3 Å². The van der Waals surface area contributed by atoms with Gasteiger partial charge in [-0.2, -0.15) is 0 Å². The molecule has 2 unspecified atom stereocenters. The molecule has 1 N–H and O–H groups in total. The number of fused-ring (bicyclic) bond motifs is 1. The monoisotopic (exact) mass is 337 g/mol. The summed E-state index contributed by atoms with van der Waals surface area (Å²) in [5.74, 6) is 1.35. The second kappa shape index (κ2) is 7.26. The van der Waals surface area contributed by atoms with E-state index < -0.39 is 0 Å². The summed E-state index contributed by atoms with van der Waals surface area (Å²) in [5.41, 5.74) is 3.20. The van der Waals surface area contributed by atoms with Crippen LogP contribution in [0, 0.1) is 12.8 Å². The van der Waals surface area contributed by atoms with Crippen LogP contribution in [0.3, 0.4) is 0 Å². The van der Waals surface area contributed by atoms with Gasteiger partial charge in [-0.3, -0.25) is 4.79 Å². The molecule has 0 bridgehead atoms. The second-order valence-corrected chi connectivity index (χ2v) is 6.78. The molecule has 0 aliphatic carbocycles. The molecule has 1 aliphatic rings. The summed E-state index contributed by atoms with van der Waals surface area (Å²) in [4.78, 5) is 19.0. The first-order chi connectivity index (χ1) is 12.1. The molecule has 0 fully saturated rings. The lowest BCUT2D eigenvalue weighted by Crippen LogP contribution is -2.50. The lowest BCUT2D eigenvalue weighted by molar-refractivity contribution is -0.117. The zero-order valence-corrected chi connectivity index (χ0v) is 15.5. The topological polar surface area (TPSA) is 45.2 Å². The van der Waals surface area contributed by atoms with Crippen molar-refractivity contribution in [2.75, 3.05) is 10.2 Å². The van der Waals surface area contributed by atoms with E-state index in [9.17, 15) is 4.79 Å². The number of aromatic nitrogens is 1. The maximum Gasteiger partial charge on any atom is 0.224 e. The predicted molar refractivity (Wildman–Crippen MR) is 103 cm³/mol. The highest BCUT2D eigenvalue weighted by Crippen LogP contribution is 2.44. The third-order valence-electron chi connectivity index (χ3n) is 5.21. The predicted octanol–water partition coefficient (Wildman–Crippen LogP) is 4.71. The summed E-state index contributed by atoms with van der Waals surface area (Å²) in [6, 6.07) is 14.6. The average Bonchev–Trinajstić information content (AvgIpc) is 2.60. The van der Waals surface area contributed by atoms with Crippen molar-refractivity contribution >= 4 is 17.4 Å². The van der Waals surface area contributed by atoms with Crippen molar-refractivity contribution in [1.29, 1.82) is 0 Å². The number of carbonyl (C=O) groups is 1. The van der Waals surface area contributed by atoms with Crippen molar-refractivity contribution in [1.82, 2.24) is 4.98 Å². The van der Waals surface area contributed by atoms with Gasteiger partial charge in [0.1, 0.15) is 5.82 Å². The van der Waals surface area contributed by atoms with Gasteiger partial charge in [-0.25, -0.2) is 4.98 Å². The molecule has 3 atom stereocenters. The first-order valence-electron chi connectivity index (χ1n) is 9.15. The molecule has 3 rings (SSSR count). The number of benzene rings is 1. The highest BCUT2D eigenvalue weighted by Gasteiger charge is 2.40. The normalized spacial score (nSPS) is 22.4. The minimum absolute atomic E-state index is 0.116. The van der Waals surface area contributed by atoms with Crippen molar-refractivity contribution in [3.63, 3.8) is 0 Å². The zero-order valence-electron chi connectivity index (χ0n) is 15.5. The van der Waals surface area contributed by atoms with Crippen molar-refractivity contribution in [3.8, 4) is 0 Å². The largest absolute Gasteiger partial charge is 0.363 e. The van der Waals surface area contributed by atoms with Gasteiger partial charge in [0.2, 0.25) is 5.91 Å².